The number of carbonyl (C=O) groups is 3. The summed E-state index contributed by atoms with van der Waals surface area (Å²) in [6.07, 6.45) is 2.16. The first-order valence-corrected chi connectivity index (χ1v) is 12.9. The molecule has 36 heavy (non-hydrogen) atoms. The van der Waals surface area contributed by atoms with Crippen LogP contribution >= 0.6 is 0 Å². The van der Waals surface area contributed by atoms with Crippen LogP contribution in [0.25, 0.3) is 0 Å². The number of nitrogens with zero attached hydrogens (tertiary/aromatic N) is 2. The second-order valence-electron chi connectivity index (χ2n) is 10.6. The van der Waals surface area contributed by atoms with E-state index < -0.39 is 30.1 Å². The van der Waals surface area contributed by atoms with Crippen molar-refractivity contribution < 1.29 is 18.8 Å². The highest BCUT2D eigenvalue weighted by atomic mass is 19.1. The lowest BCUT2D eigenvalue weighted by molar-refractivity contribution is -0.142. The molecule has 0 saturated carbocycles. The third-order valence-electron chi connectivity index (χ3n) is 6.69. The Balaban J connectivity index is 2.10. The van der Waals surface area contributed by atoms with Gasteiger partial charge in [0, 0.05) is 38.8 Å². The highest BCUT2D eigenvalue weighted by Crippen LogP contribution is 2.26. The SMILES string of the molecule is CNCCN[C@@H](C)C(=O)N[C@H](C(=O)N1CCC[C@H]1CN(CCc1ccccc1)C(=O)CF)C(C)(C)C. The number of carbonyl (C=O) groups excluding carboxylic acids is 3. The van der Waals surface area contributed by atoms with Crippen molar-refractivity contribution in [2.24, 2.45) is 5.41 Å². The van der Waals surface area contributed by atoms with E-state index >= 15 is 0 Å². The van der Waals surface area contributed by atoms with Crippen molar-refractivity contribution in [3.8, 4) is 0 Å². The summed E-state index contributed by atoms with van der Waals surface area (Å²) in [7, 11) is 1.84. The number of alkyl halides is 1. The van der Waals surface area contributed by atoms with E-state index in [1.165, 1.54) is 4.90 Å². The largest absolute Gasteiger partial charge is 0.342 e. The van der Waals surface area contributed by atoms with Gasteiger partial charge in [-0.2, -0.15) is 0 Å². The Morgan fingerprint density at radius 2 is 1.86 bits per heavy atom. The monoisotopic (exact) mass is 505 g/mol. The van der Waals surface area contributed by atoms with Crippen molar-refractivity contribution in [3.63, 3.8) is 0 Å². The highest BCUT2D eigenvalue weighted by Gasteiger charge is 2.40. The molecule has 9 heteroatoms. The number of halogens is 1. The summed E-state index contributed by atoms with van der Waals surface area (Å²) in [5.74, 6) is -0.948. The average Bonchev–Trinajstić information content (AvgIpc) is 3.32. The molecule has 1 saturated heterocycles. The van der Waals surface area contributed by atoms with Gasteiger partial charge in [-0.25, -0.2) is 4.39 Å². The fourth-order valence-electron chi connectivity index (χ4n) is 4.47. The molecule has 0 bridgehead atoms. The minimum atomic E-state index is -1.06. The summed E-state index contributed by atoms with van der Waals surface area (Å²) in [5.41, 5.74) is 0.563. The van der Waals surface area contributed by atoms with E-state index in [2.05, 4.69) is 16.0 Å². The third-order valence-corrected chi connectivity index (χ3v) is 6.69. The van der Waals surface area contributed by atoms with Gasteiger partial charge >= 0.3 is 0 Å². The van der Waals surface area contributed by atoms with Gasteiger partial charge in [0.15, 0.2) is 6.67 Å². The van der Waals surface area contributed by atoms with Gasteiger partial charge in [-0.3, -0.25) is 14.4 Å². The lowest BCUT2D eigenvalue weighted by Gasteiger charge is -2.37. The maximum atomic E-state index is 13.7. The Hall–Kier alpha value is -2.52. The Morgan fingerprint density at radius 3 is 2.47 bits per heavy atom. The van der Waals surface area contributed by atoms with Crippen molar-refractivity contribution >= 4 is 17.7 Å². The molecule has 1 aromatic carbocycles. The maximum absolute atomic E-state index is 13.7. The number of benzene rings is 1. The molecule has 3 N–H and O–H groups in total. The first-order chi connectivity index (χ1) is 17.1. The van der Waals surface area contributed by atoms with E-state index in [1.807, 2.05) is 58.2 Å². The maximum Gasteiger partial charge on any atom is 0.254 e. The van der Waals surface area contributed by atoms with Crippen LogP contribution in [0.15, 0.2) is 30.3 Å². The molecule has 0 aliphatic carbocycles. The summed E-state index contributed by atoms with van der Waals surface area (Å²) in [6.45, 7) is 9.10. The van der Waals surface area contributed by atoms with Crippen molar-refractivity contribution in [3.05, 3.63) is 35.9 Å². The molecular weight excluding hydrogens is 461 g/mol. The number of hydrogen-bond acceptors (Lipinski definition) is 5. The van der Waals surface area contributed by atoms with Crippen LogP contribution in [0.3, 0.4) is 0 Å². The van der Waals surface area contributed by atoms with Crippen LogP contribution in [0, 0.1) is 5.41 Å². The van der Waals surface area contributed by atoms with E-state index in [0.717, 1.165) is 24.9 Å². The Kier molecular flexibility index (Phi) is 11.8. The van der Waals surface area contributed by atoms with Gasteiger partial charge < -0.3 is 25.8 Å². The Labute approximate surface area is 215 Å². The quantitative estimate of drug-likeness (QED) is 0.355. The number of nitrogens with one attached hydrogen (secondary N) is 3. The molecule has 1 heterocycles. The summed E-state index contributed by atoms with van der Waals surface area (Å²) in [5, 5.41) is 9.14. The lowest BCUT2D eigenvalue weighted by atomic mass is 9.85. The van der Waals surface area contributed by atoms with Gasteiger partial charge in [0.2, 0.25) is 11.8 Å². The van der Waals surface area contributed by atoms with Crippen LogP contribution in [0.1, 0.15) is 46.1 Å². The molecule has 1 aliphatic heterocycles. The van der Waals surface area contributed by atoms with Gasteiger partial charge in [-0.1, -0.05) is 51.1 Å². The lowest BCUT2D eigenvalue weighted by Crippen LogP contribution is -2.59. The average molecular weight is 506 g/mol. The van der Waals surface area contributed by atoms with E-state index in [9.17, 15) is 18.8 Å². The number of rotatable bonds is 13. The third kappa shape index (κ3) is 8.85. The van der Waals surface area contributed by atoms with Gasteiger partial charge in [-0.05, 0) is 44.2 Å². The predicted molar refractivity (Wildman–Crippen MR) is 140 cm³/mol. The fraction of sp³-hybridized carbons (Fsp3) is 0.667. The minimum Gasteiger partial charge on any atom is -0.342 e. The molecule has 8 nitrogen and oxygen atoms in total. The van der Waals surface area contributed by atoms with Gasteiger partial charge in [-0.15, -0.1) is 0 Å². The van der Waals surface area contributed by atoms with Gasteiger partial charge in [0.05, 0.1) is 6.04 Å². The van der Waals surface area contributed by atoms with Crippen molar-refractivity contribution in [2.75, 3.05) is 46.4 Å². The van der Waals surface area contributed by atoms with Crippen LogP contribution in [-0.4, -0.2) is 92.1 Å². The molecule has 1 aliphatic rings. The van der Waals surface area contributed by atoms with E-state index in [4.69, 9.17) is 0 Å². The van der Waals surface area contributed by atoms with Crippen LogP contribution in [-0.2, 0) is 20.8 Å². The molecule has 0 aromatic heterocycles. The summed E-state index contributed by atoms with van der Waals surface area (Å²) < 4.78 is 13.4. The zero-order valence-electron chi connectivity index (χ0n) is 22.5. The normalized spacial score (nSPS) is 17.5. The Morgan fingerprint density at radius 1 is 1.17 bits per heavy atom. The van der Waals surface area contributed by atoms with E-state index in [1.54, 1.807) is 11.8 Å². The number of likely N-dealkylation sites (N-methyl/N-ethyl adjacent to an activating group) is 1. The fourth-order valence-corrected chi connectivity index (χ4v) is 4.47. The second kappa shape index (κ2) is 14.3. The zero-order chi connectivity index (χ0) is 26.7. The molecule has 3 amide bonds. The van der Waals surface area contributed by atoms with Crippen molar-refractivity contribution in [2.45, 2.75) is 65.1 Å². The van der Waals surface area contributed by atoms with Gasteiger partial charge in [0.25, 0.3) is 5.91 Å². The van der Waals surface area contributed by atoms with Crippen LogP contribution in [0.5, 0.6) is 0 Å². The molecule has 0 unspecified atom stereocenters. The molecule has 1 fully saturated rings. The van der Waals surface area contributed by atoms with E-state index in [-0.39, 0.29) is 24.4 Å². The van der Waals surface area contributed by atoms with Crippen LogP contribution in [0.2, 0.25) is 0 Å². The molecule has 0 radical (unpaired) electrons. The van der Waals surface area contributed by atoms with Crippen molar-refractivity contribution in [1.82, 2.24) is 25.8 Å². The standard InChI is InChI=1S/C27H44FN5O3/c1-20(30-15-14-29-5)25(35)31-24(27(2,3)4)26(36)33-16-9-12-22(33)19-32(23(34)18-28)17-13-21-10-7-6-8-11-21/h6-8,10-11,20,22,24,29-30H,9,12-19H2,1-5H3,(H,31,35)/t20-,22-,24+/m0/s1. The summed E-state index contributed by atoms with van der Waals surface area (Å²) in [6, 6.07) is 8.40. The topological polar surface area (TPSA) is 93.8 Å². The summed E-state index contributed by atoms with van der Waals surface area (Å²) >= 11 is 0. The van der Waals surface area contributed by atoms with Crippen LogP contribution in [0.4, 0.5) is 4.39 Å². The van der Waals surface area contributed by atoms with Crippen molar-refractivity contribution in [1.29, 1.82) is 0 Å². The summed E-state index contributed by atoms with van der Waals surface area (Å²) in [4.78, 5) is 42.3. The molecule has 3 atom stereocenters. The first kappa shape index (κ1) is 29.7. The first-order valence-electron chi connectivity index (χ1n) is 12.9. The van der Waals surface area contributed by atoms with Gasteiger partial charge in [0.1, 0.15) is 6.04 Å². The smallest absolute Gasteiger partial charge is 0.254 e. The van der Waals surface area contributed by atoms with Crippen LogP contribution < -0.4 is 16.0 Å². The zero-order valence-corrected chi connectivity index (χ0v) is 22.5. The number of amides is 3. The Bertz CT molecular complexity index is 846. The predicted octanol–water partition coefficient (Wildman–Crippen LogP) is 1.75. The van der Waals surface area contributed by atoms with E-state index in [0.29, 0.717) is 26.1 Å². The molecule has 1 aromatic rings. The minimum absolute atomic E-state index is 0.156. The number of likely N-dealkylation sites (tertiary alicyclic amines) is 1. The molecular formula is C27H44FN5O3. The second-order valence-corrected chi connectivity index (χ2v) is 10.6. The molecule has 2 rings (SSSR count). The highest BCUT2D eigenvalue weighted by molar-refractivity contribution is 5.90. The molecule has 202 valence electrons. The number of hydrogen-bond donors (Lipinski definition) is 3. The molecule has 0 spiro atoms.